The second-order valence-electron chi connectivity index (χ2n) is 4.63. The van der Waals surface area contributed by atoms with Crippen LogP contribution in [0.25, 0.3) is 0 Å². The fourth-order valence-corrected chi connectivity index (χ4v) is 2.85. The molecule has 0 aliphatic heterocycles. The summed E-state index contributed by atoms with van der Waals surface area (Å²) in [7, 11) is 0. The Labute approximate surface area is 140 Å². The highest BCUT2D eigenvalue weighted by atomic mass is 35.5. The lowest BCUT2D eigenvalue weighted by Gasteiger charge is -2.14. The molecule has 1 amide bonds. The fraction of sp³-hybridized carbons (Fsp3) is 0.235. The Morgan fingerprint density at radius 2 is 1.91 bits per heavy atom. The second-order valence-corrected chi connectivity index (χ2v) is 6.48. The summed E-state index contributed by atoms with van der Waals surface area (Å²) in [6, 6.07) is 14.9. The molecule has 0 spiro atoms. The normalized spacial score (nSPS) is 11.8. The van der Waals surface area contributed by atoms with Crippen molar-refractivity contribution in [2.75, 3.05) is 11.9 Å². The van der Waals surface area contributed by atoms with Crippen molar-refractivity contribution in [3.8, 4) is 5.75 Å². The maximum Gasteiger partial charge on any atom is 0.237 e. The first-order valence-electron chi connectivity index (χ1n) is 7.05. The van der Waals surface area contributed by atoms with E-state index in [1.54, 1.807) is 0 Å². The first-order chi connectivity index (χ1) is 10.6. The Morgan fingerprint density at radius 1 is 1.23 bits per heavy atom. The molecule has 0 aliphatic carbocycles. The highest BCUT2D eigenvalue weighted by molar-refractivity contribution is 8.00. The molecule has 3 nitrogen and oxygen atoms in total. The summed E-state index contributed by atoms with van der Waals surface area (Å²) in [5.74, 6) is 0.620. The number of amides is 1. The van der Waals surface area contributed by atoms with Crippen molar-refractivity contribution in [1.82, 2.24) is 0 Å². The van der Waals surface area contributed by atoms with E-state index in [4.69, 9.17) is 16.3 Å². The van der Waals surface area contributed by atoms with E-state index >= 15 is 0 Å². The van der Waals surface area contributed by atoms with Gasteiger partial charge in [-0.3, -0.25) is 4.79 Å². The van der Waals surface area contributed by atoms with E-state index in [2.05, 4.69) is 5.32 Å². The molecule has 0 aliphatic rings. The number of anilines is 1. The summed E-state index contributed by atoms with van der Waals surface area (Å²) in [5.41, 5.74) is 0.693. The van der Waals surface area contributed by atoms with Crippen molar-refractivity contribution in [1.29, 1.82) is 0 Å². The predicted octanol–water partition coefficient (Wildman–Crippen LogP) is 4.86. The Balaban J connectivity index is 2.01. The lowest BCUT2D eigenvalue weighted by molar-refractivity contribution is -0.115. The van der Waals surface area contributed by atoms with Gasteiger partial charge in [-0.15, -0.1) is 11.8 Å². The molecule has 0 saturated heterocycles. The van der Waals surface area contributed by atoms with Crippen LogP contribution in [0, 0.1) is 0 Å². The SMILES string of the molecule is CCOc1ccccc1NC(=O)[C@@H](C)Sc1ccc(Cl)cc1. The third kappa shape index (κ3) is 4.68. The zero-order chi connectivity index (χ0) is 15.9. The second kappa shape index (κ2) is 8.11. The minimum atomic E-state index is -0.226. The van der Waals surface area contributed by atoms with Crippen LogP contribution in [0.2, 0.25) is 5.02 Å². The van der Waals surface area contributed by atoms with Gasteiger partial charge in [0, 0.05) is 9.92 Å². The van der Waals surface area contributed by atoms with Crippen LogP contribution in [0.15, 0.2) is 53.4 Å². The third-order valence-corrected chi connectivity index (χ3v) is 4.30. The van der Waals surface area contributed by atoms with E-state index in [0.717, 1.165) is 4.90 Å². The number of halogens is 1. The third-order valence-electron chi connectivity index (χ3n) is 2.94. The number of nitrogens with one attached hydrogen (secondary N) is 1. The van der Waals surface area contributed by atoms with Gasteiger partial charge in [-0.25, -0.2) is 0 Å². The molecular formula is C17H18ClNO2S. The number of carbonyl (C=O) groups is 1. The van der Waals surface area contributed by atoms with Crippen LogP contribution in [0.3, 0.4) is 0 Å². The Bertz CT molecular complexity index is 631. The minimum absolute atomic E-state index is 0.0629. The van der Waals surface area contributed by atoms with E-state index < -0.39 is 0 Å². The van der Waals surface area contributed by atoms with Crippen molar-refractivity contribution >= 4 is 35.0 Å². The molecule has 0 aromatic heterocycles. The smallest absolute Gasteiger partial charge is 0.237 e. The summed E-state index contributed by atoms with van der Waals surface area (Å²) < 4.78 is 5.51. The molecule has 0 bridgehead atoms. The van der Waals surface area contributed by atoms with E-state index in [-0.39, 0.29) is 11.2 Å². The highest BCUT2D eigenvalue weighted by Gasteiger charge is 2.16. The Morgan fingerprint density at radius 3 is 2.59 bits per heavy atom. The lowest BCUT2D eigenvalue weighted by atomic mass is 10.3. The molecule has 0 radical (unpaired) electrons. The van der Waals surface area contributed by atoms with Crippen molar-refractivity contribution < 1.29 is 9.53 Å². The summed E-state index contributed by atoms with van der Waals surface area (Å²) >= 11 is 7.35. The summed E-state index contributed by atoms with van der Waals surface area (Å²) in [4.78, 5) is 13.3. The Hall–Kier alpha value is -1.65. The van der Waals surface area contributed by atoms with Crippen LogP contribution in [-0.2, 0) is 4.79 Å². The number of rotatable bonds is 6. The molecular weight excluding hydrogens is 318 g/mol. The van der Waals surface area contributed by atoms with E-state index in [9.17, 15) is 4.79 Å². The van der Waals surface area contributed by atoms with Gasteiger partial charge in [0.05, 0.1) is 17.5 Å². The van der Waals surface area contributed by atoms with Gasteiger partial charge in [0.25, 0.3) is 0 Å². The molecule has 2 aromatic carbocycles. The van der Waals surface area contributed by atoms with Gasteiger partial charge in [0.2, 0.25) is 5.91 Å². The minimum Gasteiger partial charge on any atom is -0.492 e. The van der Waals surface area contributed by atoms with Crippen molar-refractivity contribution in [2.45, 2.75) is 24.0 Å². The monoisotopic (exact) mass is 335 g/mol. The fourth-order valence-electron chi connectivity index (χ4n) is 1.86. The zero-order valence-electron chi connectivity index (χ0n) is 12.5. The summed E-state index contributed by atoms with van der Waals surface area (Å²) in [6.07, 6.45) is 0. The molecule has 0 saturated carbocycles. The van der Waals surface area contributed by atoms with E-state index in [0.29, 0.717) is 23.1 Å². The van der Waals surface area contributed by atoms with Crippen LogP contribution >= 0.6 is 23.4 Å². The van der Waals surface area contributed by atoms with Crippen LogP contribution in [0.4, 0.5) is 5.69 Å². The van der Waals surface area contributed by atoms with Gasteiger partial charge in [-0.1, -0.05) is 23.7 Å². The maximum atomic E-state index is 12.3. The quantitative estimate of drug-likeness (QED) is 0.766. The molecule has 1 N–H and O–H groups in total. The van der Waals surface area contributed by atoms with Crippen LogP contribution in [-0.4, -0.2) is 17.8 Å². The number of hydrogen-bond donors (Lipinski definition) is 1. The molecule has 1 atom stereocenters. The molecule has 5 heteroatoms. The zero-order valence-corrected chi connectivity index (χ0v) is 14.1. The molecule has 116 valence electrons. The standard InChI is InChI=1S/C17H18ClNO2S/c1-3-21-16-7-5-4-6-15(16)19-17(20)12(2)22-14-10-8-13(18)9-11-14/h4-12H,3H2,1-2H3,(H,19,20)/t12-/m1/s1. The number of carbonyl (C=O) groups excluding carboxylic acids is 1. The van der Waals surface area contributed by atoms with Crippen molar-refractivity contribution in [2.24, 2.45) is 0 Å². The molecule has 22 heavy (non-hydrogen) atoms. The van der Waals surface area contributed by atoms with Crippen LogP contribution in [0.5, 0.6) is 5.75 Å². The summed E-state index contributed by atoms with van der Waals surface area (Å²) in [6.45, 7) is 4.34. The topological polar surface area (TPSA) is 38.3 Å². The average Bonchev–Trinajstić information content (AvgIpc) is 2.51. The number of hydrogen-bond acceptors (Lipinski definition) is 3. The molecule has 0 unspecified atom stereocenters. The largest absolute Gasteiger partial charge is 0.492 e. The van der Waals surface area contributed by atoms with Crippen molar-refractivity contribution in [3.63, 3.8) is 0 Å². The molecule has 0 heterocycles. The number of ether oxygens (including phenoxy) is 1. The maximum absolute atomic E-state index is 12.3. The highest BCUT2D eigenvalue weighted by Crippen LogP contribution is 2.28. The first kappa shape index (κ1) is 16.7. The number of benzene rings is 2. The average molecular weight is 336 g/mol. The number of thioether (sulfide) groups is 1. The lowest BCUT2D eigenvalue weighted by Crippen LogP contribution is -2.22. The van der Waals surface area contributed by atoms with Gasteiger partial charge in [-0.2, -0.15) is 0 Å². The molecule has 2 aromatic rings. The molecule has 0 fully saturated rings. The predicted molar refractivity (Wildman–Crippen MR) is 93.0 cm³/mol. The van der Waals surface area contributed by atoms with Crippen molar-refractivity contribution in [3.05, 3.63) is 53.6 Å². The number of para-hydroxylation sites is 2. The summed E-state index contributed by atoms with van der Waals surface area (Å²) in [5, 5.41) is 3.38. The van der Waals surface area contributed by atoms with E-state index in [1.807, 2.05) is 62.4 Å². The van der Waals surface area contributed by atoms with Gasteiger partial charge in [-0.05, 0) is 50.2 Å². The van der Waals surface area contributed by atoms with Gasteiger partial charge >= 0.3 is 0 Å². The molecule has 2 rings (SSSR count). The Kier molecular flexibility index (Phi) is 6.16. The van der Waals surface area contributed by atoms with Crippen LogP contribution < -0.4 is 10.1 Å². The van der Waals surface area contributed by atoms with Gasteiger partial charge in [0.15, 0.2) is 0 Å². The first-order valence-corrected chi connectivity index (χ1v) is 8.31. The van der Waals surface area contributed by atoms with Gasteiger partial charge in [0.1, 0.15) is 5.75 Å². The van der Waals surface area contributed by atoms with E-state index in [1.165, 1.54) is 11.8 Å². The van der Waals surface area contributed by atoms with Crippen LogP contribution in [0.1, 0.15) is 13.8 Å². The van der Waals surface area contributed by atoms with Gasteiger partial charge < -0.3 is 10.1 Å².